The van der Waals surface area contributed by atoms with Crippen LogP contribution < -0.4 is 15.4 Å². The molecule has 1 aliphatic rings. The molecule has 0 bridgehead atoms. The van der Waals surface area contributed by atoms with Crippen molar-refractivity contribution in [2.75, 3.05) is 18.1 Å². The van der Waals surface area contributed by atoms with E-state index in [0.29, 0.717) is 11.4 Å². The van der Waals surface area contributed by atoms with E-state index in [2.05, 4.69) is 12.1 Å². The lowest BCUT2D eigenvalue weighted by atomic mass is 10.1. The average molecular weight is 379 g/mol. The largest absolute Gasteiger partial charge is 0.482 e. The number of primary amides is 1. The monoisotopic (exact) mass is 379 g/mol. The van der Waals surface area contributed by atoms with Crippen LogP contribution in [-0.4, -0.2) is 29.9 Å². The Balaban J connectivity index is 1.63. The summed E-state index contributed by atoms with van der Waals surface area (Å²) >= 11 is 1.59. The Labute approximate surface area is 160 Å². The van der Waals surface area contributed by atoms with E-state index in [1.807, 2.05) is 35.7 Å². The molecule has 0 saturated carbocycles. The summed E-state index contributed by atoms with van der Waals surface area (Å²) in [6, 6.07) is 15.7. The molecule has 2 amide bonds. The van der Waals surface area contributed by atoms with Gasteiger partial charge < -0.3 is 10.5 Å². The van der Waals surface area contributed by atoms with Gasteiger partial charge in [0.2, 0.25) is 5.91 Å². The lowest BCUT2D eigenvalue weighted by Gasteiger charge is -2.28. The van der Waals surface area contributed by atoms with E-state index in [1.54, 1.807) is 17.4 Å². The van der Waals surface area contributed by atoms with E-state index < -0.39 is 5.91 Å². The van der Waals surface area contributed by atoms with Gasteiger partial charge >= 0.3 is 0 Å². The Morgan fingerprint density at radius 2 is 2.04 bits per heavy atom. The second-order valence-electron chi connectivity index (χ2n) is 6.21. The van der Waals surface area contributed by atoms with Crippen molar-refractivity contribution in [1.82, 2.24) is 4.98 Å². The van der Waals surface area contributed by atoms with Crippen molar-refractivity contribution in [3.63, 3.8) is 0 Å². The number of anilines is 1. The number of amides is 2. The molecule has 7 heteroatoms. The van der Waals surface area contributed by atoms with E-state index in [0.717, 1.165) is 22.7 Å². The van der Waals surface area contributed by atoms with Gasteiger partial charge in [0.05, 0.1) is 16.4 Å². The van der Waals surface area contributed by atoms with Crippen molar-refractivity contribution in [3.05, 3.63) is 64.5 Å². The smallest absolute Gasteiger partial charge is 0.265 e. The van der Waals surface area contributed by atoms with Gasteiger partial charge in [-0.3, -0.25) is 14.5 Å². The summed E-state index contributed by atoms with van der Waals surface area (Å²) in [6.45, 7) is -0.271. The molecule has 0 fully saturated rings. The maximum absolute atomic E-state index is 12.1. The predicted octanol–water partition coefficient (Wildman–Crippen LogP) is 2.61. The summed E-state index contributed by atoms with van der Waals surface area (Å²) in [5.41, 5.74) is 8.71. The SMILES string of the molecule is NC(=O)CN1C(=O)COc2ccc(-c3csc(Cc4ccccc4)n3)cc21. The van der Waals surface area contributed by atoms with Gasteiger partial charge in [-0.25, -0.2) is 4.98 Å². The van der Waals surface area contributed by atoms with E-state index in [9.17, 15) is 9.59 Å². The van der Waals surface area contributed by atoms with Crippen molar-refractivity contribution < 1.29 is 14.3 Å². The van der Waals surface area contributed by atoms with Crippen LogP contribution >= 0.6 is 11.3 Å². The molecule has 2 heterocycles. The molecule has 2 N–H and O–H groups in total. The van der Waals surface area contributed by atoms with Crippen LogP contribution in [0.4, 0.5) is 5.69 Å². The third-order valence-corrected chi connectivity index (χ3v) is 5.11. The van der Waals surface area contributed by atoms with Crippen LogP contribution in [0.25, 0.3) is 11.3 Å². The third-order valence-electron chi connectivity index (χ3n) is 4.26. The molecule has 4 rings (SSSR count). The van der Waals surface area contributed by atoms with Gasteiger partial charge in [-0.1, -0.05) is 30.3 Å². The molecule has 136 valence electrons. The second-order valence-corrected chi connectivity index (χ2v) is 7.15. The zero-order chi connectivity index (χ0) is 18.8. The number of benzene rings is 2. The van der Waals surface area contributed by atoms with Crippen LogP contribution in [-0.2, 0) is 16.0 Å². The summed E-state index contributed by atoms with van der Waals surface area (Å²) in [5.74, 6) is -0.304. The van der Waals surface area contributed by atoms with Crippen LogP contribution in [0, 0.1) is 0 Å². The molecule has 27 heavy (non-hydrogen) atoms. The molecular weight excluding hydrogens is 362 g/mol. The van der Waals surface area contributed by atoms with Crippen LogP contribution in [0.3, 0.4) is 0 Å². The highest BCUT2D eigenvalue weighted by molar-refractivity contribution is 7.10. The standard InChI is InChI=1S/C20H17N3O3S/c21-18(24)10-23-16-9-14(6-7-17(16)26-11-20(23)25)15-12-27-19(22-15)8-13-4-2-1-3-5-13/h1-7,9,12H,8,10-11H2,(H2,21,24). The highest BCUT2D eigenvalue weighted by Gasteiger charge is 2.27. The van der Waals surface area contributed by atoms with Gasteiger partial charge in [0.25, 0.3) is 5.91 Å². The van der Waals surface area contributed by atoms with Gasteiger partial charge in [-0.05, 0) is 23.8 Å². The van der Waals surface area contributed by atoms with Gasteiger partial charge in [0.1, 0.15) is 12.3 Å². The fourth-order valence-electron chi connectivity index (χ4n) is 2.99. The second kappa shape index (κ2) is 7.20. The molecule has 0 saturated heterocycles. The summed E-state index contributed by atoms with van der Waals surface area (Å²) in [4.78, 5) is 29.5. The fourth-order valence-corrected chi connectivity index (χ4v) is 3.82. The molecule has 6 nitrogen and oxygen atoms in total. The molecule has 0 aliphatic carbocycles. The number of carbonyl (C=O) groups excluding carboxylic acids is 2. The number of carbonyl (C=O) groups is 2. The highest BCUT2D eigenvalue weighted by atomic mass is 32.1. The summed E-state index contributed by atoms with van der Waals surface area (Å²) in [7, 11) is 0. The Bertz CT molecular complexity index is 1000. The summed E-state index contributed by atoms with van der Waals surface area (Å²) in [5, 5.41) is 3.00. The number of hydrogen-bond acceptors (Lipinski definition) is 5. The highest BCUT2D eigenvalue weighted by Crippen LogP contribution is 2.36. The molecule has 2 aromatic carbocycles. The molecule has 0 spiro atoms. The number of aromatic nitrogens is 1. The van der Waals surface area contributed by atoms with Gasteiger partial charge in [0.15, 0.2) is 6.61 Å². The first-order valence-corrected chi connectivity index (χ1v) is 9.32. The molecule has 0 radical (unpaired) electrons. The quantitative estimate of drug-likeness (QED) is 0.738. The van der Waals surface area contributed by atoms with Crippen molar-refractivity contribution in [1.29, 1.82) is 0 Å². The number of nitrogens with two attached hydrogens (primary N) is 1. The minimum Gasteiger partial charge on any atom is -0.482 e. The Hall–Kier alpha value is -3.19. The van der Waals surface area contributed by atoms with Gasteiger partial charge in [-0.15, -0.1) is 11.3 Å². The number of hydrogen-bond donors (Lipinski definition) is 1. The zero-order valence-electron chi connectivity index (χ0n) is 14.4. The van der Waals surface area contributed by atoms with E-state index in [4.69, 9.17) is 15.5 Å². The third kappa shape index (κ3) is 3.68. The number of fused-ring (bicyclic) bond motifs is 1. The van der Waals surface area contributed by atoms with Crippen LogP contribution in [0.5, 0.6) is 5.75 Å². The van der Waals surface area contributed by atoms with Crippen molar-refractivity contribution in [2.24, 2.45) is 5.73 Å². The summed E-state index contributed by atoms with van der Waals surface area (Å²) < 4.78 is 5.46. The van der Waals surface area contributed by atoms with Crippen LogP contribution in [0.15, 0.2) is 53.9 Å². The van der Waals surface area contributed by atoms with Crippen molar-refractivity contribution in [2.45, 2.75) is 6.42 Å². The minimum absolute atomic E-state index is 0.0997. The first-order chi connectivity index (χ1) is 13.1. The van der Waals surface area contributed by atoms with E-state index >= 15 is 0 Å². The Kier molecular flexibility index (Phi) is 4.60. The minimum atomic E-state index is -0.569. The van der Waals surface area contributed by atoms with Crippen LogP contribution in [0.1, 0.15) is 10.6 Å². The first kappa shape index (κ1) is 17.2. The Morgan fingerprint density at radius 3 is 2.81 bits per heavy atom. The lowest BCUT2D eigenvalue weighted by molar-refractivity contribution is -0.124. The Morgan fingerprint density at radius 1 is 1.22 bits per heavy atom. The van der Waals surface area contributed by atoms with Gasteiger partial charge in [-0.2, -0.15) is 0 Å². The topological polar surface area (TPSA) is 85.5 Å². The van der Waals surface area contributed by atoms with E-state index in [1.165, 1.54) is 10.5 Å². The maximum atomic E-state index is 12.1. The number of rotatable bonds is 5. The molecule has 1 aliphatic heterocycles. The number of nitrogens with zero attached hydrogens (tertiary/aromatic N) is 2. The normalized spacial score (nSPS) is 13.2. The number of ether oxygens (including phenoxy) is 1. The first-order valence-electron chi connectivity index (χ1n) is 8.44. The molecular formula is C20H17N3O3S. The van der Waals surface area contributed by atoms with Crippen LogP contribution in [0.2, 0.25) is 0 Å². The maximum Gasteiger partial charge on any atom is 0.265 e. The molecule has 0 unspecified atom stereocenters. The van der Waals surface area contributed by atoms with Gasteiger partial charge in [0, 0.05) is 17.4 Å². The van der Waals surface area contributed by atoms with Crippen molar-refractivity contribution >= 4 is 28.8 Å². The predicted molar refractivity (Wildman–Crippen MR) is 104 cm³/mol. The molecule has 0 atom stereocenters. The average Bonchev–Trinajstić information content (AvgIpc) is 3.13. The molecule has 3 aromatic rings. The lowest BCUT2D eigenvalue weighted by Crippen LogP contribution is -2.43. The van der Waals surface area contributed by atoms with E-state index in [-0.39, 0.29) is 19.1 Å². The summed E-state index contributed by atoms with van der Waals surface area (Å²) in [6.07, 6.45) is 0.770. The molecule has 1 aromatic heterocycles. The fraction of sp³-hybridized carbons (Fsp3) is 0.150. The number of thiazole rings is 1. The van der Waals surface area contributed by atoms with Crippen molar-refractivity contribution in [3.8, 4) is 17.0 Å². The zero-order valence-corrected chi connectivity index (χ0v) is 15.2.